The minimum Gasteiger partial charge on any atom is -0.462 e. The van der Waals surface area contributed by atoms with Crippen molar-refractivity contribution in [2.75, 3.05) is 13.2 Å². The van der Waals surface area contributed by atoms with Gasteiger partial charge >= 0.3 is 17.9 Å². The summed E-state index contributed by atoms with van der Waals surface area (Å²) in [6.07, 6.45) is 42.6. The smallest absolute Gasteiger partial charge is 0.306 e. The third kappa shape index (κ3) is 41.6. The Bertz CT molecular complexity index is 811. The highest BCUT2D eigenvalue weighted by Gasteiger charge is 2.19. The normalized spacial score (nSPS) is 11.9. The summed E-state index contributed by atoms with van der Waals surface area (Å²) in [5.74, 6) is -0.0162. The van der Waals surface area contributed by atoms with Gasteiger partial charge in [0.2, 0.25) is 0 Å². The van der Waals surface area contributed by atoms with Crippen molar-refractivity contribution >= 4 is 17.9 Å². The van der Waals surface area contributed by atoms with E-state index in [0.717, 1.165) is 70.1 Å². The predicted molar refractivity (Wildman–Crippen MR) is 229 cm³/mol. The molecule has 0 heterocycles. The lowest BCUT2D eigenvalue weighted by atomic mass is 10.0. The summed E-state index contributed by atoms with van der Waals surface area (Å²) in [4.78, 5) is 37.5. The van der Waals surface area contributed by atoms with E-state index in [1.54, 1.807) is 0 Å². The monoisotopic (exact) mass is 765 g/mol. The molecule has 6 heteroatoms. The van der Waals surface area contributed by atoms with Crippen LogP contribution in [0.4, 0.5) is 0 Å². The molecule has 0 aliphatic rings. The van der Waals surface area contributed by atoms with E-state index in [1.807, 2.05) is 0 Å². The summed E-state index contributed by atoms with van der Waals surface area (Å²) in [5, 5.41) is 0. The third-order valence-corrected chi connectivity index (χ3v) is 10.8. The Morgan fingerprint density at radius 1 is 0.352 bits per heavy atom. The molecule has 54 heavy (non-hydrogen) atoms. The minimum absolute atomic E-state index is 0.0642. The first-order valence-electron chi connectivity index (χ1n) is 23.9. The molecule has 0 bridgehead atoms. The van der Waals surface area contributed by atoms with Crippen LogP contribution in [-0.2, 0) is 28.6 Å². The van der Waals surface area contributed by atoms with Crippen molar-refractivity contribution in [1.82, 2.24) is 0 Å². The summed E-state index contributed by atoms with van der Waals surface area (Å²) in [6.45, 7) is 8.94. The van der Waals surface area contributed by atoms with Gasteiger partial charge in [0.1, 0.15) is 13.2 Å². The van der Waals surface area contributed by atoms with Gasteiger partial charge in [-0.3, -0.25) is 14.4 Å². The number of hydrogen-bond donors (Lipinski definition) is 0. The molecule has 0 aliphatic heterocycles. The predicted octanol–water partition coefficient (Wildman–Crippen LogP) is 15.1. The lowest BCUT2D eigenvalue weighted by molar-refractivity contribution is -0.167. The summed E-state index contributed by atoms with van der Waals surface area (Å²) >= 11 is 0. The third-order valence-electron chi connectivity index (χ3n) is 10.8. The van der Waals surface area contributed by atoms with E-state index in [-0.39, 0.29) is 31.1 Å². The van der Waals surface area contributed by atoms with Gasteiger partial charge in [0.15, 0.2) is 6.10 Å². The molecule has 0 aromatic rings. The fourth-order valence-electron chi connectivity index (χ4n) is 7.16. The van der Waals surface area contributed by atoms with Gasteiger partial charge in [-0.05, 0) is 25.2 Å². The molecular formula is C48H92O6. The van der Waals surface area contributed by atoms with Crippen molar-refractivity contribution < 1.29 is 28.6 Å². The van der Waals surface area contributed by atoms with E-state index >= 15 is 0 Å². The minimum atomic E-state index is -0.758. The largest absolute Gasteiger partial charge is 0.462 e. The van der Waals surface area contributed by atoms with Crippen LogP contribution in [0.1, 0.15) is 265 Å². The van der Waals surface area contributed by atoms with Gasteiger partial charge in [0.25, 0.3) is 0 Å². The summed E-state index contributed by atoms with van der Waals surface area (Å²) < 4.78 is 16.6. The zero-order valence-electron chi connectivity index (χ0n) is 36.7. The second kappa shape index (κ2) is 42.6. The number of ether oxygens (including phenoxy) is 3. The molecule has 0 radical (unpaired) electrons. The molecule has 0 aromatic heterocycles. The molecule has 0 amide bonds. The van der Waals surface area contributed by atoms with Crippen molar-refractivity contribution in [3.63, 3.8) is 0 Å². The Labute approximate surface area is 336 Å². The van der Waals surface area contributed by atoms with Crippen molar-refractivity contribution in [1.29, 1.82) is 0 Å². The van der Waals surface area contributed by atoms with Crippen LogP contribution in [-0.4, -0.2) is 37.2 Å². The highest BCUT2D eigenvalue weighted by atomic mass is 16.6. The topological polar surface area (TPSA) is 78.9 Å². The highest BCUT2D eigenvalue weighted by Crippen LogP contribution is 2.17. The van der Waals surface area contributed by atoms with Crippen LogP contribution >= 0.6 is 0 Å². The number of unbranched alkanes of at least 4 members (excludes halogenated alkanes) is 30. The molecule has 0 rings (SSSR count). The van der Waals surface area contributed by atoms with Crippen molar-refractivity contribution in [2.24, 2.45) is 5.92 Å². The fourth-order valence-corrected chi connectivity index (χ4v) is 7.16. The lowest BCUT2D eigenvalue weighted by Crippen LogP contribution is -2.30. The van der Waals surface area contributed by atoms with Crippen LogP contribution in [0.2, 0.25) is 0 Å². The molecular weight excluding hydrogens is 673 g/mol. The van der Waals surface area contributed by atoms with E-state index in [1.165, 1.54) is 154 Å². The van der Waals surface area contributed by atoms with Gasteiger partial charge in [-0.2, -0.15) is 0 Å². The average Bonchev–Trinajstić information content (AvgIpc) is 3.15. The van der Waals surface area contributed by atoms with E-state index in [0.29, 0.717) is 19.3 Å². The number of esters is 3. The van der Waals surface area contributed by atoms with Crippen LogP contribution in [0.15, 0.2) is 0 Å². The average molecular weight is 765 g/mol. The fraction of sp³-hybridized carbons (Fsp3) is 0.938. The zero-order chi connectivity index (χ0) is 39.6. The first kappa shape index (κ1) is 52.4. The van der Waals surface area contributed by atoms with Gasteiger partial charge in [0, 0.05) is 19.3 Å². The van der Waals surface area contributed by atoms with Gasteiger partial charge in [0.05, 0.1) is 0 Å². The van der Waals surface area contributed by atoms with Crippen molar-refractivity contribution in [2.45, 2.75) is 271 Å². The quantitative estimate of drug-likeness (QED) is 0.0349. The van der Waals surface area contributed by atoms with Crippen LogP contribution in [0.25, 0.3) is 0 Å². The van der Waals surface area contributed by atoms with E-state index in [2.05, 4.69) is 27.7 Å². The standard InChI is InChI=1S/C48H92O6/c1-5-7-9-11-12-13-14-18-22-25-28-32-36-40-47(50)53-43-45(42-52-46(49)39-35-30-10-8-6-2)54-48(51)41-37-33-29-26-23-20-17-15-16-19-21-24-27-31-34-38-44(3)4/h44-45H,5-43H2,1-4H3/t45-/m0/s1. The Kier molecular flexibility index (Phi) is 41.3. The molecule has 1 atom stereocenters. The zero-order valence-corrected chi connectivity index (χ0v) is 36.7. The number of hydrogen-bond acceptors (Lipinski definition) is 6. The molecule has 0 aromatic carbocycles. The van der Waals surface area contributed by atoms with E-state index in [4.69, 9.17) is 14.2 Å². The lowest BCUT2D eigenvalue weighted by Gasteiger charge is -2.18. The molecule has 0 saturated carbocycles. The Hall–Kier alpha value is -1.59. The molecule has 320 valence electrons. The van der Waals surface area contributed by atoms with E-state index < -0.39 is 6.10 Å². The SMILES string of the molecule is CCCCCCCCCCCCCCCC(=O)OC[C@H](COC(=O)CCCCCCC)OC(=O)CCCCCCCCCCCCCCCCCC(C)C. The van der Waals surface area contributed by atoms with Crippen molar-refractivity contribution in [3.05, 3.63) is 0 Å². The number of carbonyl (C=O) groups excluding carboxylic acids is 3. The number of carbonyl (C=O) groups is 3. The molecule has 0 N–H and O–H groups in total. The molecule has 0 fully saturated rings. The Balaban J connectivity index is 4.13. The maximum Gasteiger partial charge on any atom is 0.306 e. The second-order valence-corrected chi connectivity index (χ2v) is 16.9. The Morgan fingerprint density at radius 2 is 0.611 bits per heavy atom. The Morgan fingerprint density at radius 3 is 0.907 bits per heavy atom. The van der Waals surface area contributed by atoms with Gasteiger partial charge in [-0.25, -0.2) is 0 Å². The van der Waals surface area contributed by atoms with Crippen LogP contribution < -0.4 is 0 Å². The molecule has 0 saturated heterocycles. The first-order chi connectivity index (χ1) is 26.4. The highest BCUT2D eigenvalue weighted by molar-refractivity contribution is 5.71. The van der Waals surface area contributed by atoms with E-state index in [9.17, 15) is 14.4 Å². The summed E-state index contributed by atoms with van der Waals surface area (Å²) in [7, 11) is 0. The number of rotatable bonds is 43. The van der Waals surface area contributed by atoms with Gasteiger partial charge in [-0.15, -0.1) is 0 Å². The van der Waals surface area contributed by atoms with Crippen LogP contribution in [0.5, 0.6) is 0 Å². The van der Waals surface area contributed by atoms with Crippen LogP contribution in [0.3, 0.4) is 0 Å². The summed E-state index contributed by atoms with van der Waals surface area (Å²) in [5.41, 5.74) is 0. The maximum absolute atomic E-state index is 12.7. The second-order valence-electron chi connectivity index (χ2n) is 16.9. The summed E-state index contributed by atoms with van der Waals surface area (Å²) in [6, 6.07) is 0. The maximum atomic E-state index is 12.7. The molecule has 0 aliphatic carbocycles. The van der Waals surface area contributed by atoms with Crippen LogP contribution in [0, 0.1) is 5.92 Å². The van der Waals surface area contributed by atoms with Gasteiger partial charge in [-0.1, -0.05) is 227 Å². The van der Waals surface area contributed by atoms with Gasteiger partial charge < -0.3 is 14.2 Å². The molecule has 0 unspecified atom stereocenters. The molecule has 6 nitrogen and oxygen atoms in total. The molecule has 0 spiro atoms. The first-order valence-corrected chi connectivity index (χ1v) is 23.9. The van der Waals surface area contributed by atoms with Crippen molar-refractivity contribution in [3.8, 4) is 0 Å².